The van der Waals surface area contributed by atoms with E-state index in [1.165, 1.54) is 13.3 Å². The molecule has 1 amide bonds. The summed E-state index contributed by atoms with van der Waals surface area (Å²) in [7, 11) is 1.50. The summed E-state index contributed by atoms with van der Waals surface area (Å²) >= 11 is 0. The fourth-order valence-electron chi connectivity index (χ4n) is 3.20. The molecule has 6 nitrogen and oxygen atoms in total. The molecule has 0 fully saturated rings. The number of halogens is 3. The molecule has 2 aromatic rings. The van der Waals surface area contributed by atoms with Crippen LogP contribution in [-0.4, -0.2) is 35.5 Å². The van der Waals surface area contributed by atoms with Gasteiger partial charge in [0.1, 0.15) is 17.1 Å². The second-order valence-electron chi connectivity index (χ2n) is 7.22. The van der Waals surface area contributed by atoms with Gasteiger partial charge in [0.25, 0.3) is 5.91 Å². The van der Waals surface area contributed by atoms with E-state index in [4.69, 9.17) is 4.74 Å². The molecule has 28 heavy (non-hydrogen) atoms. The number of ether oxygens (including phenoxy) is 1. The van der Waals surface area contributed by atoms with Gasteiger partial charge in [0.15, 0.2) is 6.04 Å². The van der Waals surface area contributed by atoms with Crippen molar-refractivity contribution in [3.63, 3.8) is 0 Å². The summed E-state index contributed by atoms with van der Waals surface area (Å²) in [5, 5.41) is 9.66. The molecule has 1 aliphatic heterocycles. The van der Waals surface area contributed by atoms with Gasteiger partial charge in [-0.25, -0.2) is 4.68 Å². The Hall–Kier alpha value is -2.71. The molecule has 1 aromatic heterocycles. The van der Waals surface area contributed by atoms with Gasteiger partial charge in [-0.2, -0.15) is 18.3 Å². The first-order valence-electron chi connectivity index (χ1n) is 9.03. The fourth-order valence-corrected chi connectivity index (χ4v) is 3.20. The number of benzene rings is 1. The van der Waals surface area contributed by atoms with Gasteiger partial charge in [-0.15, -0.1) is 0 Å². The number of hydrogen-bond donors (Lipinski definition) is 2. The average Bonchev–Trinajstić information content (AvgIpc) is 3.08. The molecule has 0 unspecified atom stereocenters. The maximum absolute atomic E-state index is 13.7. The van der Waals surface area contributed by atoms with E-state index in [1.807, 2.05) is 13.8 Å². The minimum Gasteiger partial charge on any atom is -0.497 e. The molecule has 1 aromatic carbocycles. The number of amides is 1. The second kappa shape index (κ2) is 7.73. The number of nitrogens with one attached hydrogen (secondary N) is 2. The lowest BCUT2D eigenvalue weighted by molar-refractivity contribution is -0.173. The predicted molar refractivity (Wildman–Crippen MR) is 98.5 cm³/mol. The Labute approximate surface area is 161 Å². The normalized spacial score (nSPS) is 19.1. The van der Waals surface area contributed by atoms with Crippen molar-refractivity contribution >= 4 is 11.7 Å². The van der Waals surface area contributed by atoms with E-state index in [9.17, 15) is 18.0 Å². The zero-order valence-electron chi connectivity index (χ0n) is 15.9. The van der Waals surface area contributed by atoms with Gasteiger partial charge in [0, 0.05) is 13.0 Å². The van der Waals surface area contributed by atoms with Crippen LogP contribution >= 0.6 is 0 Å². The van der Waals surface area contributed by atoms with E-state index in [-0.39, 0.29) is 23.7 Å². The Bertz CT molecular complexity index is 848. The third kappa shape index (κ3) is 4.07. The largest absolute Gasteiger partial charge is 0.497 e. The van der Waals surface area contributed by atoms with Crippen molar-refractivity contribution in [3.05, 3.63) is 41.6 Å². The van der Waals surface area contributed by atoms with Gasteiger partial charge in [0.05, 0.1) is 19.3 Å². The highest BCUT2D eigenvalue weighted by molar-refractivity contribution is 5.98. The molecule has 152 valence electrons. The summed E-state index contributed by atoms with van der Waals surface area (Å²) in [4.78, 5) is 12.5. The van der Waals surface area contributed by atoms with Crippen molar-refractivity contribution < 1.29 is 22.7 Å². The number of aromatic nitrogens is 2. The summed E-state index contributed by atoms with van der Waals surface area (Å²) in [6.07, 6.45) is -3.55. The van der Waals surface area contributed by atoms with Crippen LogP contribution in [0.2, 0.25) is 0 Å². The summed E-state index contributed by atoms with van der Waals surface area (Å²) in [5.41, 5.74) is 0.747. The Kier molecular flexibility index (Phi) is 5.53. The van der Waals surface area contributed by atoms with Gasteiger partial charge in [-0.1, -0.05) is 26.0 Å². The van der Waals surface area contributed by atoms with Crippen molar-refractivity contribution in [2.24, 2.45) is 5.92 Å². The fraction of sp³-hybridized carbons (Fsp3) is 0.474. The molecule has 2 atom stereocenters. The monoisotopic (exact) mass is 396 g/mol. The van der Waals surface area contributed by atoms with Crippen molar-refractivity contribution in [2.75, 3.05) is 19.0 Å². The molecular formula is C19H23F3N4O2. The third-order valence-corrected chi connectivity index (χ3v) is 4.65. The maximum Gasteiger partial charge on any atom is 0.410 e. The van der Waals surface area contributed by atoms with Crippen LogP contribution in [0.3, 0.4) is 0 Å². The lowest BCUT2D eigenvalue weighted by atomic mass is 9.96. The first kappa shape index (κ1) is 20.0. The van der Waals surface area contributed by atoms with E-state index in [0.717, 1.165) is 4.68 Å². The zero-order valence-corrected chi connectivity index (χ0v) is 15.9. The highest BCUT2D eigenvalue weighted by Crippen LogP contribution is 2.44. The van der Waals surface area contributed by atoms with Crippen LogP contribution < -0.4 is 15.4 Å². The van der Waals surface area contributed by atoms with E-state index < -0.39 is 24.2 Å². The number of methoxy groups -OCH3 is 1. The number of hydrogen-bond acceptors (Lipinski definition) is 4. The SMILES string of the molecule is COc1cccc([C@@H]2C[C@@H](C(F)(F)F)n3ncc(C(=O)NCC(C)C)c3N2)c1. The van der Waals surface area contributed by atoms with Crippen LogP contribution in [0.5, 0.6) is 5.75 Å². The molecule has 2 N–H and O–H groups in total. The lowest BCUT2D eigenvalue weighted by Gasteiger charge is -2.34. The first-order chi connectivity index (χ1) is 13.2. The topological polar surface area (TPSA) is 68.2 Å². The first-order valence-corrected chi connectivity index (χ1v) is 9.03. The van der Waals surface area contributed by atoms with Gasteiger partial charge in [-0.3, -0.25) is 4.79 Å². The van der Waals surface area contributed by atoms with Gasteiger partial charge in [-0.05, 0) is 23.6 Å². The van der Waals surface area contributed by atoms with E-state index >= 15 is 0 Å². The Morgan fingerprint density at radius 2 is 2.18 bits per heavy atom. The Morgan fingerprint density at radius 3 is 2.82 bits per heavy atom. The molecule has 0 aliphatic carbocycles. The molecule has 0 bridgehead atoms. The molecule has 9 heteroatoms. The van der Waals surface area contributed by atoms with E-state index in [2.05, 4.69) is 15.7 Å². The lowest BCUT2D eigenvalue weighted by Crippen LogP contribution is -2.36. The molecule has 0 saturated carbocycles. The molecule has 0 saturated heterocycles. The highest BCUT2D eigenvalue weighted by atomic mass is 19.4. The van der Waals surface area contributed by atoms with Crippen molar-refractivity contribution in [3.8, 4) is 5.75 Å². The van der Waals surface area contributed by atoms with E-state index in [1.54, 1.807) is 24.3 Å². The number of carbonyl (C=O) groups excluding carboxylic acids is 1. The quantitative estimate of drug-likeness (QED) is 0.803. The van der Waals surface area contributed by atoms with Crippen LogP contribution in [0.25, 0.3) is 0 Å². The van der Waals surface area contributed by atoms with E-state index in [0.29, 0.717) is 17.9 Å². The molecule has 0 radical (unpaired) electrons. The Morgan fingerprint density at radius 1 is 1.43 bits per heavy atom. The molecular weight excluding hydrogens is 373 g/mol. The summed E-state index contributed by atoms with van der Waals surface area (Å²) in [6, 6.07) is 4.41. The minimum atomic E-state index is -4.49. The number of carbonyl (C=O) groups is 1. The smallest absolute Gasteiger partial charge is 0.410 e. The van der Waals surface area contributed by atoms with Crippen molar-refractivity contribution in [1.82, 2.24) is 15.1 Å². The summed E-state index contributed by atoms with van der Waals surface area (Å²) < 4.78 is 47.2. The molecule has 1 aliphatic rings. The van der Waals surface area contributed by atoms with Gasteiger partial charge < -0.3 is 15.4 Å². The van der Waals surface area contributed by atoms with Crippen LogP contribution in [0.4, 0.5) is 19.0 Å². The number of anilines is 1. The molecule has 2 heterocycles. The number of fused-ring (bicyclic) bond motifs is 1. The molecule has 3 rings (SSSR count). The van der Waals surface area contributed by atoms with Crippen molar-refractivity contribution in [1.29, 1.82) is 0 Å². The van der Waals surface area contributed by atoms with Crippen molar-refractivity contribution in [2.45, 2.75) is 38.5 Å². The van der Waals surface area contributed by atoms with Gasteiger partial charge in [0.2, 0.25) is 0 Å². The van der Waals surface area contributed by atoms with Gasteiger partial charge >= 0.3 is 6.18 Å². The number of nitrogens with zero attached hydrogens (tertiary/aromatic N) is 2. The van der Waals surface area contributed by atoms with Crippen LogP contribution in [0.1, 0.15) is 48.3 Å². The maximum atomic E-state index is 13.7. The Balaban J connectivity index is 1.97. The standard InChI is InChI=1S/C19H23F3N4O2/c1-11(2)9-23-18(27)14-10-24-26-16(19(20,21)22)8-15(25-17(14)26)12-5-4-6-13(7-12)28-3/h4-7,10-11,15-16,25H,8-9H2,1-3H3,(H,23,27)/t15-,16-/m0/s1. The average molecular weight is 396 g/mol. The second-order valence-corrected chi connectivity index (χ2v) is 7.22. The zero-order chi connectivity index (χ0) is 20.5. The summed E-state index contributed by atoms with van der Waals surface area (Å²) in [5.74, 6) is 0.393. The van der Waals surface area contributed by atoms with Crippen LogP contribution in [0, 0.1) is 5.92 Å². The number of alkyl halides is 3. The minimum absolute atomic E-state index is 0.0719. The van der Waals surface area contributed by atoms with Crippen LogP contribution in [-0.2, 0) is 0 Å². The summed E-state index contributed by atoms with van der Waals surface area (Å²) in [6.45, 7) is 4.29. The predicted octanol–water partition coefficient (Wildman–Crippen LogP) is 3.94. The number of rotatable bonds is 5. The molecule has 0 spiro atoms. The third-order valence-electron chi connectivity index (χ3n) is 4.65. The van der Waals surface area contributed by atoms with Crippen LogP contribution in [0.15, 0.2) is 30.5 Å². The highest BCUT2D eigenvalue weighted by Gasteiger charge is 2.47.